The van der Waals surface area contributed by atoms with Gasteiger partial charge in [-0.2, -0.15) is 0 Å². The van der Waals surface area contributed by atoms with Crippen LogP contribution in [0.3, 0.4) is 0 Å². The molecule has 3 aromatic heterocycles. The Morgan fingerprint density at radius 2 is 1.96 bits per heavy atom. The summed E-state index contributed by atoms with van der Waals surface area (Å²) in [7, 11) is 0. The van der Waals surface area contributed by atoms with Crippen LogP contribution in [0.1, 0.15) is 11.4 Å². The SMILES string of the molecule is Cc1cccc2[nH]c(CNc3ncnc4c3oc3ccccc34)nc12. The van der Waals surface area contributed by atoms with Crippen LogP contribution in [-0.4, -0.2) is 19.9 Å². The lowest BCUT2D eigenvalue weighted by molar-refractivity contribution is 0.666. The predicted octanol–water partition coefficient (Wildman–Crippen LogP) is 4.17. The Bertz CT molecular complexity index is 1220. The van der Waals surface area contributed by atoms with E-state index in [9.17, 15) is 0 Å². The van der Waals surface area contributed by atoms with Gasteiger partial charge in [0.25, 0.3) is 0 Å². The normalized spacial score (nSPS) is 11.6. The van der Waals surface area contributed by atoms with E-state index in [1.165, 1.54) is 0 Å². The van der Waals surface area contributed by atoms with E-state index in [1.54, 1.807) is 6.33 Å². The number of anilines is 1. The van der Waals surface area contributed by atoms with Crippen molar-refractivity contribution in [2.45, 2.75) is 13.5 Å². The second-order valence-electron chi connectivity index (χ2n) is 6.01. The Morgan fingerprint density at radius 1 is 1.04 bits per heavy atom. The number of furan rings is 1. The molecular formula is C19H15N5O. The van der Waals surface area contributed by atoms with Crippen LogP contribution < -0.4 is 5.32 Å². The third-order valence-corrected chi connectivity index (χ3v) is 4.34. The molecule has 0 amide bonds. The van der Waals surface area contributed by atoms with Crippen molar-refractivity contribution in [1.29, 1.82) is 0 Å². The standard InChI is InChI=1S/C19H15N5O/c1-11-5-4-7-13-16(11)24-15(23-13)9-20-19-18-17(21-10-22-19)12-6-2-3-8-14(12)25-18/h2-8,10H,9H2,1H3,(H,23,24)(H,20,21,22). The highest BCUT2D eigenvalue weighted by atomic mass is 16.3. The van der Waals surface area contributed by atoms with Crippen molar-refractivity contribution in [3.05, 3.63) is 60.2 Å². The number of aryl methyl sites for hydroxylation is 1. The highest BCUT2D eigenvalue weighted by Gasteiger charge is 2.13. The first-order valence-corrected chi connectivity index (χ1v) is 8.10. The van der Waals surface area contributed by atoms with Crippen molar-refractivity contribution >= 4 is 38.9 Å². The van der Waals surface area contributed by atoms with Gasteiger partial charge in [0.15, 0.2) is 11.4 Å². The van der Waals surface area contributed by atoms with Crippen LogP contribution in [0.25, 0.3) is 33.1 Å². The van der Waals surface area contributed by atoms with Gasteiger partial charge in [0.05, 0.1) is 17.6 Å². The summed E-state index contributed by atoms with van der Waals surface area (Å²) in [5.41, 5.74) is 5.47. The smallest absolute Gasteiger partial charge is 0.196 e. The number of aromatic nitrogens is 4. The van der Waals surface area contributed by atoms with E-state index in [1.807, 2.05) is 36.4 Å². The quantitative estimate of drug-likeness (QED) is 0.519. The molecule has 0 atom stereocenters. The monoisotopic (exact) mass is 329 g/mol. The molecular weight excluding hydrogens is 314 g/mol. The third kappa shape index (κ3) is 2.22. The van der Waals surface area contributed by atoms with E-state index in [0.29, 0.717) is 17.9 Å². The van der Waals surface area contributed by atoms with Crippen LogP contribution >= 0.6 is 0 Å². The maximum atomic E-state index is 5.93. The predicted molar refractivity (Wildman–Crippen MR) is 97.5 cm³/mol. The van der Waals surface area contributed by atoms with Gasteiger partial charge in [0.1, 0.15) is 23.3 Å². The highest BCUT2D eigenvalue weighted by molar-refractivity contribution is 6.05. The molecule has 0 aliphatic rings. The van der Waals surface area contributed by atoms with Gasteiger partial charge in [-0.25, -0.2) is 15.0 Å². The van der Waals surface area contributed by atoms with E-state index < -0.39 is 0 Å². The minimum Gasteiger partial charge on any atom is -0.450 e. The number of nitrogens with one attached hydrogen (secondary N) is 2. The molecule has 0 fully saturated rings. The molecule has 0 radical (unpaired) electrons. The molecule has 0 bridgehead atoms. The molecule has 0 aliphatic heterocycles. The van der Waals surface area contributed by atoms with E-state index in [-0.39, 0.29) is 0 Å². The van der Waals surface area contributed by atoms with Gasteiger partial charge in [-0.05, 0) is 30.7 Å². The molecule has 5 aromatic rings. The molecule has 3 heterocycles. The summed E-state index contributed by atoms with van der Waals surface area (Å²) in [5.74, 6) is 1.52. The maximum absolute atomic E-state index is 5.93. The fraction of sp³-hybridized carbons (Fsp3) is 0.105. The number of hydrogen-bond acceptors (Lipinski definition) is 5. The number of nitrogens with zero attached hydrogens (tertiary/aromatic N) is 3. The summed E-state index contributed by atoms with van der Waals surface area (Å²) in [4.78, 5) is 16.7. The number of benzene rings is 2. The lowest BCUT2D eigenvalue weighted by Crippen LogP contribution is -2.03. The van der Waals surface area contributed by atoms with Crippen molar-refractivity contribution in [2.24, 2.45) is 0 Å². The minimum absolute atomic E-state index is 0.525. The number of imidazole rings is 1. The average molecular weight is 329 g/mol. The Balaban J connectivity index is 1.52. The molecule has 6 nitrogen and oxygen atoms in total. The van der Waals surface area contributed by atoms with E-state index in [2.05, 4.69) is 38.2 Å². The molecule has 0 spiro atoms. The fourth-order valence-corrected chi connectivity index (χ4v) is 3.13. The van der Waals surface area contributed by atoms with Gasteiger partial charge in [-0.1, -0.05) is 24.3 Å². The highest BCUT2D eigenvalue weighted by Crippen LogP contribution is 2.30. The zero-order chi connectivity index (χ0) is 16.8. The first-order chi connectivity index (χ1) is 12.3. The van der Waals surface area contributed by atoms with Gasteiger partial charge in [-0.3, -0.25) is 0 Å². The second-order valence-corrected chi connectivity index (χ2v) is 6.01. The van der Waals surface area contributed by atoms with Crippen LogP contribution in [0, 0.1) is 6.92 Å². The van der Waals surface area contributed by atoms with Gasteiger partial charge in [0.2, 0.25) is 0 Å². The van der Waals surface area contributed by atoms with Crippen LogP contribution in [0.4, 0.5) is 5.82 Å². The van der Waals surface area contributed by atoms with Gasteiger partial charge in [-0.15, -0.1) is 0 Å². The van der Waals surface area contributed by atoms with Gasteiger partial charge < -0.3 is 14.7 Å². The summed E-state index contributed by atoms with van der Waals surface area (Å²) in [6, 6.07) is 14.0. The van der Waals surface area contributed by atoms with Crippen LogP contribution in [0.15, 0.2) is 53.2 Å². The molecule has 25 heavy (non-hydrogen) atoms. The summed E-state index contributed by atoms with van der Waals surface area (Å²) in [6.07, 6.45) is 1.55. The zero-order valence-electron chi connectivity index (χ0n) is 13.6. The molecule has 6 heteroatoms. The van der Waals surface area contributed by atoms with Gasteiger partial charge in [0, 0.05) is 5.39 Å². The Labute approximate surface area is 142 Å². The van der Waals surface area contributed by atoms with Crippen molar-refractivity contribution in [1.82, 2.24) is 19.9 Å². The molecule has 5 rings (SSSR count). The number of H-pyrrole nitrogens is 1. The molecule has 2 aromatic carbocycles. The molecule has 0 aliphatic carbocycles. The topological polar surface area (TPSA) is 79.6 Å². The first-order valence-electron chi connectivity index (χ1n) is 8.10. The van der Waals surface area contributed by atoms with Crippen LogP contribution in [0.2, 0.25) is 0 Å². The maximum Gasteiger partial charge on any atom is 0.196 e. The Morgan fingerprint density at radius 3 is 2.88 bits per heavy atom. The number of hydrogen-bond donors (Lipinski definition) is 2. The summed E-state index contributed by atoms with van der Waals surface area (Å²) in [6.45, 7) is 2.58. The molecule has 0 saturated carbocycles. The number of aromatic amines is 1. The van der Waals surface area contributed by atoms with Crippen molar-refractivity contribution in [2.75, 3.05) is 5.32 Å². The minimum atomic E-state index is 0.525. The molecule has 2 N–H and O–H groups in total. The first kappa shape index (κ1) is 14.0. The van der Waals surface area contributed by atoms with E-state index in [0.717, 1.165) is 38.9 Å². The second kappa shape index (κ2) is 5.31. The van der Waals surface area contributed by atoms with Crippen molar-refractivity contribution < 1.29 is 4.42 Å². The zero-order valence-corrected chi connectivity index (χ0v) is 13.6. The average Bonchev–Trinajstić information content (AvgIpc) is 3.22. The Kier molecular flexibility index (Phi) is 2.97. The largest absolute Gasteiger partial charge is 0.450 e. The number of fused-ring (bicyclic) bond motifs is 4. The summed E-state index contributed by atoms with van der Waals surface area (Å²) < 4.78 is 5.93. The van der Waals surface area contributed by atoms with Crippen molar-refractivity contribution in [3.63, 3.8) is 0 Å². The summed E-state index contributed by atoms with van der Waals surface area (Å²) in [5, 5.41) is 4.29. The summed E-state index contributed by atoms with van der Waals surface area (Å²) >= 11 is 0. The lowest BCUT2D eigenvalue weighted by atomic mass is 10.2. The Hall–Kier alpha value is -3.41. The van der Waals surface area contributed by atoms with Crippen LogP contribution in [0.5, 0.6) is 0 Å². The number of rotatable bonds is 3. The third-order valence-electron chi connectivity index (χ3n) is 4.34. The van der Waals surface area contributed by atoms with Crippen LogP contribution in [-0.2, 0) is 6.54 Å². The lowest BCUT2D eigenvalue weighted by Gasteiger charge is -2.03. The number of para-hydroxylation sites is 2. The molecule has 0 unspecified atom stereocenters. The fourth-order valence-electron chi connectivity index (χ4n) is 3.13. The van der Waals surface area contributed by atoms with E-state index in [4.69, 9.17) is 4.42 Å². The molecule has 0 saturated heterocycles. The molecule has 122 valence electrons. The van der Waals surface area contributed by atoms with Crippen molar-refractivity contribution in [3.8, 4) is 0 Å². The van der Waals surface area contributed by atoms with Gasteiger partial charge >= 0.3 is 0 Å². The van der Waals surface area contributed by atoms with E-state index >= 15 is 0 Å².